The molecular formula is C22H23N3O2S. The Hall–Kier alpha value is -2.86. The summed E-state index contributed by atoms with van der Waals surface area (Å²) in [6.07, 6.45) is 1.76. The molecule has 1 aliphatic heterocycles. The van der Waals surface area contributed by atoms with E-state index in [1.165, 1.54) is 11.8 Å². The summed E-state index contributed by atoms with van der Waals surface area (Å²) in [7, 11) is 0. The molecule has 144 valence electrons. The maximum Gasteiger partial charge on any atom is 0.242 e. The van der Waals surface area contributed by atoms with Gasteiger partial charge in [0.05, 0.1) is 5.69 Å². The molecule has 0 saturated carbocycles. The maximum absolute atomic E-state index is 12.8. The molecule has 2 aromatic rings. The van der Waals surface area contributed by atoms with Crippen LogP contribution in [0.25, 0.3) is 0 Å². The van der Waals surface area contributed by atoms with E-state index in [4.69, 9.17) is 0 Å². The first-order valence-electron chi connectivity index (χ1n) is 9.08. The van der Waals surface area contributed by atoms with Crippen LogP contribution in [0.4, 0.5) is 11.4 Å². The van der Waals surface area contributed by atoms with Gasteiger partial charge in [-0.2, -0.15) is 0 Å². The summed E-state index contributed by atoms with van der Waals surface area (Å²) >= 11 is 1.33. The number of aryl methyl sites for hydroxylation is 2. The van der Waals surface area contributed by atoms with Crippen molar-refractivity contribution in [2.75, 3.05) is 11.9 Å². The van der Waals surface area contributed by atoms with E-state index in [9.17, 15) is 9.59 Å². The molecule has 0 bridgehead atoms. The molecule has 0 spiro atoms. The van der Waals surface area contributed by atoms with Crippen LogP contribution >= 0.6 is 11.8 Å². The van der Waals surface area contributed by atoms with Crippen molar-refractivity contribution < 1.29 is 9.59 Å². The minimum absolute atomic E-state index is 0.0960. The van der Waals surface area contributed by atoms with Gasteiger partial charge >= 0.3 is 0 Å². The van der Waals surface area contributed by atoms with Gasteiger partial charge in [0.1, 0.15) is 5.25 Å². The Balaban J connectivity index is 1.75. The number of carbonyl (C=O) groups excluding carboxylic acids is 2. The number of benzene rings is 2. The third-order valence-corrected chi connectivity index (χ3v) is 5.60. The number of hydrogen-bond donors (Lipinski definition) is 1. The average Bonchev–Trinajstić information content (AvgIpc) is 2.95. The van der Waals surface area contributed by atoms with Crippen LogP contribution in [0.15, 0.2) is 66.2 Å². The lowest BCUT2D eigenvalue weighted by Crippen LogP contribution is -2.33. The van der Waals surface area contributed by atoms with Crippen LogP contribution in [0.2, 0.25) is 0 Å². The number of amides is 2. The Bertz CT molecular complexity index is 904. The molecule has 1 N–H and O–H groups in total. The summed E-state index contributed by atoms with van der Waals surface area (Å²) in [6, 6.07) is 15.3. The summed E-state index contributed by atoms with van der Waals surface area (Å²) in [5, 5.41) is 3.06. The van der Waals surface area contributed by atoms with Crippen LogP contribution in [0.3, 0.4) is 0 Å². The van der Waals surface area contributed by atoms with Gasteiger partial charge in [0.15, 0.2) is 5.17 Å². The molecule has 0 radical (unpaired) electrons. The van der Waals surface area contributed by atoms with E-state index in [1.807, 2.05) is 62.4 Å². The Morgan fingerprint density at radius 2 is 1.86 bits per heavy atom. The molecule has 3 rings (SSSR count). The summed E-state index contributed by atoms with van der Waals surface area (Å²) in [6.45, 7) is 8.00. The molecule has 1 aliphatic rings. The highest BCUT2D eigenvalue weighted by Gasteiger charge is 2.38. The highest BCUT2D eigenvalue weighted by molar-refractivity contribution is 8.15. The molecule has 2 aromatic carbocycles. The van der Waals surface area contributed by atoms with Crippen molar-refractivity contribution in [3.05, 3.63) is 72.3 Å². The number of nitrogens with zero attached hydrogens (tertiary/aromatic N) is 2. The molecule has 1 heterocycles. The van der Waals surface area contributed by atoms with Crippen LogP contribution in [0, 0.1) is 13.8 Å². The zero-order valence-electron chi connectivity index (χ0n) is 16.0. The zero-order chi connectivity index (χ0) is 20.1. The maximum atomic E-state index is 12.8. The Morgan fingerprint density at radius 1 is 1.18 bits per heavy atom. The predicted molar refractivity (Wildman–Crippen MR) is 116 cm³/mol. The normalized spacial score (nSPS) is 17.8. The number of carbonyl (C=O) groups is 2. The Kier molecular flexibility index (Phi) is 6.31. The Labute approximate surface area is 169 Å². The molecule has 1 fully saturated rings. The van der Waals surface area contributed by atoms with Crippen LogP contribution in [-0.2, 0) is 9.59 Å². The lowest BCUT2D eigenvalue weighted by molar-refractivity contribution is -0.127. The monoisotopic (exact) mass is 393 g/mol. The fraction of sp³-hybridized carbons (Fsp3) is 0.227. The van der Waals surface area contributed by atoms with Crippen molar-refractivity contribution in [1.82, 2.24) is 4.90 Å². The van der Waals surface area contributed by atoms with Crippen molar-refractivity contribution in [3.8, 4) is 0 Å². The molecule has 0 aliphatic carbocycles. The lowest BCUT2D eigenvalue weighted by Gasteiger charge is -2.14. The number of nitrogens with one attached hydrogen (secondary N) is 1. The second kappa shape index (κ2) is 8.89. The van der Waals surface area contributed by atoms with Crippen LogP contribution in [0.5, 0.6) is 0 Å². The summed E-state index contributed by atoms with van der Waals surface area (Å²) < 4.78 is 0. The average molecular weight is 394 g/mol. The lowest BCUT2D eigenvalue weighted by atomic mass is 10.1. The number of anilines is 1. The van der Waals surface area contributed by atoms with Gasteiger partial charge in [0.25, 0.3) is 0 Å². The molecule has 6 heteroatoms. The smallest absolute Gasteiger partial charge is 0.242 e. The van der Waals surface area contributed by atoms with Gasteiger partial charge in [-0.15, -0.1) is 6.58 Å². The predicted octanol–water partition coefficient (Wildman–Crippen LogP) is 4.45. The van der Waals surface area contributed by atoms with E-state index in [0.717, 1.165) is 22.5 Å². The third-order valence-electron chi connectivity index (χ3n) is 4.43. The van der Waals surface area contributed by atoms with Crippen LogP contribution in [-0.4, -0.2) is 33.7 Å². The van der Waals surface area contributed by atoms with Crippen LogP contribution < -0.4 is 5.32 Å². The highest BCUT2D eigenvalue weighted by Crippen LogP contribution is 2.32. The molecule has 28 heavy (non-hydrogen) atoms. The van der Waals surface area contributed by atoms with Crippen molar-refractivity contribution in [2.45, 2.75) is 25.5 Å². The number of aliphatic imine (C=N–C) groups is 1. The van der Waals surface area contributed by atoms with E-state index >= 15 is 0 Å². The van der Waals surface area contributed by atoms with Crippen LogP contribution in [0.1, 0.15) is 17.5 Å². The second-order valence-corrected chi connectivity index (χ2v) is 7.76. The number of para-hydroxylation sites is 2. The van der Waals surface area contributed by atoms with E-state index in [2.05, 4.69) is 16.9 Å². The van der Waals surface area contributed by atoms with Crippen molar-refractivity contribution in [1.29, 1.82) is 0 Å². The standard InChI is InChI=1S/C22H23N3O2S/c1-4-13-25-21(27)18(28-22(25)23-17-11-6-5-7-12-17)14-19(26)24-20-15(2)9-8-10-16(20)3/h4-12,18H,1,13-14H2,2-3H3,(H,24,26)/t18-/m0/s1. The first kappa shape index (κ1) is 19.9. The van der Waals surface area contributed by atoms with Gasteiger partial charge in [-0.25, -0.2) is 4.99 Å². The topological polar surface area (TPSA) is 61.8 Å². The largest absolute Gasteiger partial charge is 0.326 e. The quantitative estimate of drug-likeness (QED) is 0.738. The fourth-order valence-electron chi connectivity index (χ4n) is 3.01. The highest BCUT2D eigenvalue weighted by atomic mass is 32.2. The molecule has 0 unspecified atom stereocenters. The van der Waals surface area contributed by atoms with Gasteiger partial charge in [0, 0.05) is 18.7 Å². The van der Waals surface area contributed by atoms with Gasteiger partial charge in [0.2, 0.25) is 11.8 Å². The van der Waals surface area contributed by atoms with Gasteiger partial charge in [-0.05, 0) is 37.1 Å². The fourth-order valence-corrected chi connectivity index (χ4v) is 4.17. The molecule has 1 atom stereocenters. The van der Waals surface area contributed by atoms with E-state index in [1.54, 1.807) is 11.0 Å². The van der Waals surface area contributed by atoms with Gasteiger partial charge in [-0.1, -0.05) is 54.2 Å². The molecule has 2 amide bonds. The Morgan fingerprint density at radius 3 is 2.50 bits per heavy atom. The number of hydrogen-bond acceptors (Lipinski definition) is 4. The molecule has 5 nitrogen and oxygen atoms in total. The van der Waals surface area contributed by atoms with Gasteiger partial charge < -0.3 is 5.32 Å². The first-order chi connectivity index (χ1) is 13.5. The van der Waals surface area contributed by atoms with Crippen molar-refractivity contribution >= 4 is 40.1 Å². The summed E-state index contributed by atoms with van der Waals surface area (Å²) in [4.78, 5) is 31.6. The van der Waals surface area contributed by atoms with E-state index in [0.29, 0.717) is 11.7 Å². The number of rotatable bonds is 6. The number of thioether (sulfide) groups is 1. The van der Waals surface area contributed by atoms with Crippen molar-refractivity contribution in [2.24, 2.45) is 4.99 Å². The van der Waals surface area contributed by atoms with Crippen molar-refractivity contribution in [3.63, 3.8) is 0 Å². The van der Waals surface area contributed by atoms with E-state index < -0.39 is 5.25 Å². The van der Waals surface area contributed by atoms with E-state index in [-0.39, 0.29) is 18.2 Å². The SMILES string of the molecule is C=CCN1C(=O)[C@H](CC(=O)Nc2c(C)cccc2C)SC1=Nc1ccccc1. The zero-order valence-corrected chi connectivity index (χ0v) is 16.8. The second-order valence-electron chi connectivity index (χ2n) is 6.59. The third kappa shape index (κ3) is 4.51. The molecular weight excluding hydrogens is 370 g/mol. The van der Waals surface area contributed by atoms with Gasteiger partial charge in [-0.3, -0.25) is 14.5 Å². The first-order valence-corrected chi connectivity index (χ1v) is 9.96. The minimum Gasteiger partial charge on any atom is -0.326 e. The minimum atomic E-state index is -0.494. The number of amidine groups is 1. The molecule has 1 saturated heterocycles. The summed E-state index contributed by atoms with van der Waals surface area (Å²) in [5.74, 6) is -0.293. The summed E-state index contributed by atoms with van der Waals surface area (Å²) in [5.41, 5.74) is 3.58. The molecule has 0 aromatic heterocycles.